The summed E-state index contributed by atoms with van der Waals surface area (Å²) in [5, 5.41) is 3.44. The van der Waals surface area contributed by atoms with Gasteiger partial charge in [0.15, 0.2) is 0 Å². The standard InChI is InChI=1S/C12H21N3/c1-10-5-6-11(2)15(10)14-12-4-3-8-13-9-7-12/h5-6,12-14H,3-4,7-9H2,1-2H3. The molecule has 84 valence electrons. The largest absolute Gasteiger partial charge is 0.323 e. The molecule has 1 aliphatic rings. The SMILES string of the molecule is Cc1ccc(C)n1NC1CCCNCC1. The van der Waals surface area contributed by atoms with E-state index in [0.29, 0.717) is 6.04 Å². The second kappa shape index (κ2) is 4.71. The average molecular weight is 207 g/mol. The Balaban J connectivity index is 2.00. The Morgan fingerprint density at radius 1 is 1.20 bits per heavy atom. The molecule has 0 radical (unpaired) electrons. The number of hydrogen-bond acceptors (Lipinski definition) is 2. The number of aromatic nitrogens is 1. The van der Waals surface area contributed by atoms with Gasteiger partial charge < -0.3 is 10.7 Å². The number of aryl methyl sites for hydroxylation is 2. The van der Waals surface area contributed by atoms with Crippen molar-refractivity contribution < 1.29 is 0 Å². The Bertz CT molecular complexity index is 289. The predicted octanol–water partition coefficient (Wildman–Crippen LogP) is 1.79. The maximum atomic E-state index is 3.61. The molecule has 1 aromatic heterocycles. The molecule has 1 aliphatic heterocycles. The van der Waals surface area contributed by atoms with E-state index in [1.165, 1.54) is 37.2 Å². The van der Waals surface area contributed by atoms with Crippen LogP contribution in [0.1, 0.15) is 30.7 Å². The summed E-state index contributed by atoms with van der Waals surface area (Å²) in [4.78, 5) is 0. The molecule has 1 aromatic rings. The summed E-state index contributed by atoms with van der Waals surface area (Å²) in [6.07, 6.45) is 3.76. The summed E-state index contributed by atoms with van der Waals surface area (Å²) in [6, 6.07) is 4.94. The van der Waals surface area contributed by atoms with Crippen LogP contribution in [0.2, 0.25) is 0 Å². The Labute approximate surface area is 91.8 Å². The molecule has 3 heteroatoms. The first-order valence-electron chi connectivity index (χ1n) is 5.89. The van der Waals surface area contributed by atoms with Gasteiger partial charge in [0.05, 0.1) is 0 Å². The zero-order valence-corrected chi connectivity index (χ0v) is 9.71. The van der Waals surface area contributed by atoms with Crippen LogP contribution < -0.4 is 10.7 Å². The van der Waals surface area contributed by atoms with Crippen molar-refractivity contribution in [2.75, 3.05) is 18.5 Å². The lowest BCUT2D eigenvalue weighted by atomic mass is 10.1. The van der Waals surface area contributed by atoms with Gasteiger partial charge in [-0.05, 0) is 58.3 Å². The first-order valence-corrected chi connectivity index (χ1v) is 5.89. The highest BCUT2D eigenvalue weighted by Crippen LogP contribution is 2.10. The van der Waals surface area contributed by atoms with Crippen molar-refractivity contribution in [3.05, 3.63) is 23.5 Å². The van der Waals surface area contributed by atoms with Crippen molar-refractivity contribution in [2.24, 2.45) is 0 Å². The molecule has 2 N–H and O–H groups in total. The molecule has 2 heterocycles. The fourth-order valence-electron chi connectivity index (χ4n) is 2.20. The van der Waals surface area contributed by atoms with Gasteiger partial charge in [-0.1, -0.05) is 0 Å². The molecule has 2 rings (SSSR count). The molecule has 1 fully saturated rings. The summed E-state index contributed by atoms with van der Waals surface area (Å²) in [5.74, 6) is 0. The molecule has 0 bridgehead atoms. The van der Waals surface area contributed by atoms with E-state index in [1.54, 1.807) is 0 Å². The van der Waals surface area contributed by atoms with Gasteiger partial charge in [0.2, 0.25) is 0 Å². The van der Waals surface area contributed by atoms with Gasteiger partial charge in [-0.2, -0.15) is 0 Å². The molecule has 1 unspecified atom stereocenters. The van der Waals surface area contributed by atoms with Crippen molar-refractivity contribution in [1.29, 1.82) is 0 Å². The lowest BCUT2D eigenvalue weighted by molar-refractivity contribution is 0.568. The summed E-state index contributed by atoms with van der Waals surface area (Å²) >= 11 is 0. The van der Waals surface area contributed by atoms with Crippen LogP contribution in [0.5, 0.6) is 0 Å². The van der Waals surface area contributed by atoms with Gasteiger partial charge in [0.25, 0.3) is 0 Å². The van der Waals surface area contributed by atoms with Crippen molar-refractivity contribution in [1.82, 2.24) is 9.99 Å². The Hall–Kier alpha value is -0.960. The van der Waals surface area contributed by atoms with Crippen molar-refractivity contribution >= 4 is 0 Å². The van der Waals surface area contributed by atoms with E-state index in [1.807, 2.05) is 0 Å². The number of nitrogens with one attached hydrogen (secondary N) is 2. The highest BCUT2D eigenvalue weighted by atomic mass is 15.4. The third-order valence-corrected chi connectivity index (χ3v) is 3.16. The van der Waals surface area contributed by atoms with E-state index < -0.39 is 0 Å². The van der Waals surface area contributed by atoms with Crippen LogP contribution in [0.3, 0.4) is 0 Å². The second-order valence-corrected chi connectivity index (χ2v) is 4.46. The minimum Gasteiger partial charge on any atom is -0.323 e. The van der Waals surface area contributed by atoms with Crippen LogP contribution in [0.25, 0.3) is 0 Å². The number of hydrogen-bond donors (Lipinski definition) is 2. The summed E-state index contributed by atoms with van der Waals surface area (Å²) < 4.78 is 2.22. The molecule has 15 heavy (non-hydrogen) atoms. The maximum Gasteiger partial charge on any atom is 0.0437 e. The third kappa shape index (κ3) is 2.53. The lowest BCUT2D eigenvalue weighted by Crippen LogP contribution is -2.30. The van der Waals surface area contributed by atoms with Crippen LogP contribution in [0.4, 0.5) is 0 Å². The number of rotatable bonds is 2. The third-order valence-electron chi connectivity index (χ3n) is 3.16. The highest BCUT2D eigenvalue weighted by molar-refractivity contribution is 5.15. The van der Waals surface area contributed by atoms with Gasteiger partial charge in [-0.3, -0.25) is 4.68 Å². The predicted molar refractivity (Wildman–Crippen MR) is 63.8 cm³/mol. The monoisotopic (exact) mass is 207 g/mol. The Morgan fingerprint density at radius 2 is 1.93 bits per heavy atom. The van der Waals surface area contributed by atoms with Crippen LogP contribution in [-0.4, -0.2) is 23.8 Å². The van der Waals surface area contributed by atoms with Crippen LogP contribution in [0.15, 0.2) is 12.1 Å². The molecule has 1 saturated heterocycles. The van der Waals surface area contributed by atoms with Gasteiger partial charge in [-0.25, -0.2) is 0 Å². The average Bonchev–Trinajstić information content (AvgIpc) is 2.49. The highest BCUT2D eigenvalue weighted by Gasteiger charge is 2.12. The van der Waals surface area contributed by atoms with E-state index in [9.17, 15) is 0 Å². The van der Waals surface area contributed by atoms with Gasteiger partial charge in [-0.15, -0.1) is 0 Å². The first kappa shape index (κ1) is 10.6. The van der Waals surface area contributed by atoms with Crippen molar-refractivity contribution in [3.8, 4) is 0 Å². The fourth-order valence-corrected chi connectivity index (χ4v) is 2.20. The van der Waals surface area contributed by atoms with Gasteiger partial charge in [0, 0.05) is 17.4 Å². The molecule has 0 aliphatic carbocycles. The Morgan fingerprint density at radius 3 is 2.67 bits per heavy atom. The molecule has 1 atom stereocenters. The van der Waals surface area contributed by atoms with E-state index >= 15 is 0 Å². The van der Waals surface area contributed by atoms with Crippen LogP contribution in [0, 0.1) is 13.8 Å². The van der Waals surface area contributed by atoms with Crippen LogP contribution >= 0.6 is 0 Å². The number of nitrogens with zero attached hydrogens (tertiary/aromatic N) is 1. The minimum absolute atomic E-state index is 0.616. The van der Waals surface area contributed by atoms with Gasteiger partial charge >= 0.3 is 0 Å². The normalized spacial score (nSPS) is 22.4. The fraction of sp³-hybridized carbons (Fsp3) is 0.667. The summed E-state index contributed by atoms with van der Waals surface area (Å²) in [6.45, 7) is 6.60. The second-order valence-electron chi connectivity index (χ2n) is 4.46. The van der Waals surface area contributed by atoms with Gasteiger partial charge in [0.1, 0.15) is 0 Å². The summed E-state index contributed by atoms with van der Waals surface area (Å²) in [7, 11) is 0. The molecule has 0 amide bonds. The minimum atomic E-state index is 0.616. The molecular weight excluding hydrogens is 186 g/mol. The lowest BCUT2D eigenvalue weighted by Gasteiger charge is -2.21. The first-order chi connectivity index (χ1) is 7.27. The molecule has 0 aromatic carbocycles. The van der Waals surface area contributed by atoms with Crippen LogP contribution in [-0.2, 0) is 0 Å². The van der Waals surface area contributed by atoms with Crippen molar-refractivity contribution in [3.63, 3.8) is 0 Å². The summed E-state index contributed by atoms with van der Waals surface area (Å²) in [5.41, 5.74) is 6.21. The molecule has 0 spiro atoms. The topological polar surface area (TPSA) is 29.0 Å². The van der Waals surface area contributed by atoms with E-state index in [0.717, 1.165) is 6.54 Å². The molecular formula is C12H21N3. The van der Waals surface area contributed by atoms with E-state index in [4.69, 9.17) is 0 Å². The molecule has 3 nitrogen and oxygen atoms in total. The Kier molecular flexibility index (Phi) is 3.31. The quantitative estimate of drug-likeness (QED) is 0.774. The smallest absolute Gasteiger partial charge is 0.0437 e. The van der Waals surface area contributed by atoms with E-state index in [2.05, 4.69) is 41.4 Å². The zero-order valence-electron chi connectivity index (χ0n) is 9.71. The molecule has 0 saturated carbocycles. The van der Waals surface area contributed by atoms with Crippen molar-refractivity contribution in [2.45, 2.75) is 39.2 Å². The van der Waals surface area contributed by atoms with E-state index in [-0.39, 0.29) is 0 Å². The zero-order chi connectivity index (χ0) is 10.7. The maximum absolute atomic E-state index is 3.61.